The summed E-state index contributed by atoms with van der Waals surface area (Å²) in [6, 6.07) is 0. The van der Waals surface area contributed by atoms with Crippen molar-refractivity contribution in [3.05, 3.63) is 0 Å². The van der Waals surface area contributed by atoms with E-state index in [4.69, 9.17) is 0 Å². The van der Waals surface area contributed by atoms with Crippen molar-refractivity contribution in [3.63, 3.8) is 0 Å². The van der Waals surface area contributed by atoms with Gasteiger partial charge in [0.15, 0.2) is 0 Å². The number of hydrogen-bond donors (Lipinski definition) is 1. The number of hydrogen-bond acceptors (Lipinski definition) is 2. The van der Waals surface area contributed by atoms with Gasteiger partial charge >= 0.3 is 0 Å². The number of alkyl halides is 1. The average molecular weight is 255 g/mol. The van der Waals surface area contributed by atoms with E-state index in [1.165, 1.54) is 0 Å². The fraction of sp³-hybridized carbons (Fsp3) is 1.00. The molecule has 0 spiro atoms. The molecule has 0 saturated heterocycles. The first-order chi connectivity index (χ1) is 4.66. The van der Waals surface area contributed by atoms with Gasteiger partial charge in [-0.2, -0.15) is 0 Å². The van der Waals surface area contributed by atoms with Gasteiger partial charge in [-0.05, 0) is 19.9 Å². The van der Waals surface area contributed by atoms with Gasteiger partial charge in [0.25, 0.3) is 0 Å². The van der Waals surface area contributed by atoms with Gasteiger partial charge in [0.1, 0.15) is 0 Å². The monoisotopic (exact) mass is 255 g/mol. The molecular formula is C7H14INO. The first-order valence-corrected chi connectivity index (χ1v) is 5.16. The minimum absolute atomic E-state index is 0.305. The van der Waals surface area contributed by atoms with Crippen molar-refractivity contribution >= 4 is 22.6 Å². The fourth-order valence-electron chi connectivity index (χ4n) is 1.03. The first kappa shape index (κ1) is 8.74. The van der Waals surface area contributed by atoms with Gasteiger partial charge in [-0.25, -0.2) is 0 Å². The summed E-state index contributed by atoms with van der Waals surface area (Å²) in [5.41, 5.74) is -0.305. The molecule has 0 bridgehead atoms. The Morgan fingerprint density at radius 2 is 2.20 bits per heavy atom. The molecule has 0 amide bonds. The van der Waals surface area contributed by atoms with Gasteiger partial charge in [0, 0.05) is 17.5 Å². The van der Waals surface area contributed by atoms with Crippen LogP contribution >= 0.6 is 22.6 Å². The molecule has 60 valence electrons. The predicted octanol–water partition coefficient (Wildman–Crippen LogP) is 0.878. The number of halogens is 1. The van der Waals surface area contributed by atoms with E-state index in [0.717, 1.165) is 30.4 Å². The van der Waals surface area contributed by atoms with E-state index in [0.29, 0.717) is 0 Å². The molecule has 3 heteroatoms. The van der Waals surface area contributed by atoms with Crippen LogP contribution in [0.2, 0.25) is 0 Å². The molecule has 1 fully saturated rings. The standard InChI is InChI=1S/C7H14INO/c1-9(5-4-8)6-7(10)2-3-7/h10H,2-6H2,1H3. The second-order valence-electron chi connectivity index (χ2n) is 3.15. The van der Waals surface area contributed by atoms with E-state index in [1.54, 1.807) is 0 Å². The van der Waals surface area contributed by atoms with Crippen molar-refractivity contribution in [2.45, 2.75) is 18.4 Å². The summed E-state index contributed by atoms with van der Waals surface area (Å²) in [6.45, 7) is 1.94. The van der Waals surface area contributed by atoms with Gasteiger partial charge in [0.05, 0.1) is 5.60 Å². The molecule has 0 unspecified atom stereocenters. The van der Waals surface area contributed by atoms with Crippen LogP contribution in [0.4, 0.5) is 0 Å². The maximum atomic E-state index is 9.48. The quantitative estimate of drug-likeness (QED) is 0.595. The van der Waals surface area contributed by atoms with Gasteiger partial charge in [-0.15, -0.1) is 0 Å². The van der Waals surface area contributed by atoms with Crippen LogP contribution in [0.25, 0.3) is 0 Å². The van der Waals surface area contributed by atoms with Gasteiger partial charge in [-0.3, -0.25) is 0 Å². The van der Waals surface area contributed by atoms with Crippen LogP contribution in [0.5, 0.6) is 0 Å². The SMILES string of the molecule is CN(CCI)CC1(O)CC1. The first-order valence-electron chi connectivity index (χ1n) is 3.63. The van der Waals surface area contributed by atoms with E-state index in [1.807, 2.05) is 0 Å². The van der Waals surface area contributed by atoms with Crippen molar-refractivity contribution < 1.29 is 5.11 Å². The third-order valence-electron chi connectivity index (χ3n) is 1.86. The van der Waals surface area contributed by atoms with Crippen LogP contribution in [0.1, 0.15) is 12.8 Å². The summed E-state index contributed by atoms with van der Waals surface area (Å²) >= 11 is 2.35. The van der Waals surface area contributed by atoms with Crippen LogP contribution in [0.3, 0.4) is 0 Å². The van der Waals surface area contributed by atoms with E-state index in [2.05, 4.69) is 34.5 Å². The second kappa shape index (κ2) is 3.36. The van der Waals surface area contributed by atoms with Crippen molar-refractivity contribution in [3.8, 4) is 0 Å². The van der Waals surface area contributed by atoms with E-state index >= 15 is 0 Å². The lowest BCUT2D eigenvalue weighted by molar-refractivity contribution is 0.107. The lowest BCUT2D eigenvalue weighted by Gasteiger charge is -2.18. The average Bonchev–Trinajstić information content (AvgIpc) is 2.48. The third-order valence-corrected chi connectivity index (χ3v) is 2.34. The largest absolute Gasteiger partial charge is 0.389 e. The van der Waals surface area contributed by atoms with Gasteiger partial charge < -0.3 is 10.0 Å². The summed E-state index contributed by atoms with van der Waals surface area (Å²) in [5.74, 6) is 0. The summed E-state index contributed by atoms with van der Waals surface area (Å²) in [6.07, 6.45) is 2.00. The molecule has 1 rings (SSSR count). The van der Waals surface area contributed by atoms with Crippen molar-refractivity contribution in [1.29, 1.82) is 0 Å². The molecular weight excluding hydrogens is 241 g/mol. The Balaban J connectivity index is 2.11. The van der Waals surface area contributed by atoms with Gasteiger partial charge in [-0.1, -0.05) is 22.6 Å². The third kappa shape index (κ3) is 2.72. The lowest BCUT2D eigenvalue weighted by atomic mass is 10.3. The normalized spacial score (nSPS) is 21.6. The molecule has 1 aliphatic carbocycles. The highest BCUT2D eigenvalue weighted by Gasteiger charge is 2.40. The fourth-order valence-corrected chi connectivity index (χ4v) is 1.85. The highest BCUT2D eigenvalue weighted by atomic mass is 127. The summed E-state index contributed by atoms with van der Waals surface area (Å²) < 4.78 is 1.14. The Morgan fingerprint density at radius 3 is 2.60 bits per heavy atom. The van der Waals surface area contributed by atoms with Crippen LogP contribution in [-0.4, -0.2) is 40.2 Å². The minimum Gasteiger partial charge on any atom is -0.389 e. The van der Waals surface area contributed by atoms with E-state index in [9.17, 15) is 5.11 Å². The molecule has 0 aromatic carbocycles. The zero-order chi connectivity index (χ0) is 7.61. The molecule has 10 heavy (non-hydrogen) atoms. The molecule has 0 aromatic rings. The minimum atomic E-state index is -0.305. The van der Waals surface area contributed by atoms with Gasteiger partial charge in [0.2, 0.25) is 0 Å². The number of nitrogens with zero attached hydrogens (tertiary/aromatic N) is 1. The Morgan fingerprint density at radius 1 is 1.60 bits per heavy atom. The number of aliphatic hydroxyl groups is 1. The zero-order valence-corrected chi connectivity index (χ0v) is 8.47. The molecule has 2 nitrogen and oxygen atoms in total. The smallest absolute Gasteiger partial charge is 0.0776 e. The van der Waals surface area contributed by atoms with E-state index < -0.39 is 0 Å². The van der Waals surface area contributed by atoms with E-state index in [-0.39, 0.29) is 5.60 Å². The Labute approximate surface area is 75.7 Å². The van der Waals surface area contributed by atoms with Crippen molar-refractivity contribution in [2.24, 2.45) is 0 Å². The maximum absolute atomic E-state index is 9.48. The molecule has 1 saturated carbocycles. The predicted molar refractivity (Wildman–Crippen MR) is 50.6 cm³/mol. The Hall–Kier alpha value is 0.650. The van der Waals surface area contributed by atoms with Crippen LogP contribution in [0.15, 0.2) is 0 Å². The Bertz CT molecular complexity index is 114. The highest BCUT2D eigenvalue weighted by Crippen LogP contribution is 2.35. The van der Waals surface area contributed by atoms with Crippen molar-refractivity contribution in [2.75, 3.05) is 24.6 Å². The molecule has 1 aliphatic rings. The molecule has 0 aliphatic heterocycles. The lowest BCUT2D eigenvalue weighted by Crippen LogP contribution is -2.31. The molecule has 0 atom stereocenters. The van der Waals surface area contributed by atoms with Crippen molar-refractivity contribution in [1.82, 2.24) is 4.90 Å². The van der Waals surface area contributed by atoms with Crippen LogP contribution in [0, 0.1) is 0 Å². The second-order valence-corrected chi connectivity index (χ2v) is 4.23. The summed E-state index contributed by atoms with van der Waals surface area (Å²) in [4.78, 5) is 2.19. The van der Waals surface area contributed by atoms with Crippen LogP contribution in [-0.2, 0) is 0 Å². The van der Waals surface area contributed by atoms with Crippen LogP contribution < -0.4 is 0 Å². The topological polar surface area (TPSA) is 23.5 Å². The zero-order valence-electron chi connectivity index (χ0n) is 6.31. The number of likely N-dealkylation sites (N-methyl/N-ethyl adjacent to an activating group) is 1. The maximum Gasteiger partial charge on any atom is 0.0776 e. The Kier molecular flexibility index (Phi) is 2.94. The molecule has 0 heterocycles. The number of rotatable bonds is 4. The molecule has 1 N–H and O–H groups in total. The summed E-state index contributed by atoms with van der Waals surface area (Å²) in [7, 11) is 2.06. The molecule has 0 aromatic heterocycles. The molecule has 0 radical (unpaired) electrons. The summed E-state index contributed by atoms with van der Waals surface area (Å²) in [5, 5.41) is 9.48. The highest BCUT2D eigenvalue weighted by molar-refractivity contribution is 14.1.